The molecule has 1 amide bonds. The van der Waals surface area contributed by atoms with Crippen molar-refractivity contribution in [1.82, 2.24) is 4.90 Å². The summed E-state index contributed by atoms with van der Waals surface area (Å²) in [5, 5.41) is 17.1. The predicted octanol–water partition coefficient (Wildman–Crippen LogP) is 2.37. The molecule has 0 radical (unpaired) electrons. The standard InChI is InChI=1S/C12H17N3O2/c1-12(2,3)15(11(16)17)10(14)8-5-4-6-9(13)7-8/h4-7,14H,13H2,1-3H3,(H,16,17). The third kappa shape index (κ3) is 2.96. The van der Waals surface area contributed by atoms with Gasteiger partial charge in [-0.15, -0.1) is 0 Å². The molecular weight excluding hydrogens is 218 g/mol. The van der Waals surface area contributed by atoms with Crippen LogP contribution in [0.5, 0.6) is 0 Å². The van der Waals surface area contributed by atoms with E-state index in [4.69, 9.17) is 16.2 Å². The van der Waals surface area contributed by atoms with Gasteiger partial charge in [0.1, 0.15) is 5.84 Å². The number of hydrogen-bond donors (Lipinski definition) is 3. The first-order chi connectivity index (χ1) is 7.73. The maximum Gasteiger partial charge on any atom is 0.413 e. The monoisotopic (exact) mass is 235 g/mol. The Kier molecular flexibility index (Phi) is 3.41. The number of nitrogen functional groups attached to an aromatic ring is 1. The van der Waals surface area contributed by atoms with Crippen LogP contribution in [0.2, 0.25) is 0 Å². The Morgan fingerprint density at radius 1 is 1.41 bits per heavy atom. The zero-order valence-corrected chi connectivity index (χ0v) is 10.2. The van der Waals surface area contributed by atoms with Gasteiger partial charge in [-0.25, -0.2) is 4.79 Å². The molecule has 0 aliphatic heterocycles. The van der Waals surface area contributed by atoms with Crippen molar-refractivity contribution < 1.29 is 9.90 Å². The first-order valence-electron chi connectivity index (χ1n) is 5.21. The van der Waals surface area contributed by atoms with E-state index in [9.17, 15) is 4.79 Å². The molecule has 0 heterocycles. The molecule has 17 heavy (non-hydrogen) atoms. The van der Waals surface area contributed by atoms with Crippen molar-refractivity contribution in [1.29, 1.82) is 5.41 Å². The lowest BCUT2D eigenvalue weighted by molar-refractivity contribution is 0.140. The summed E-state index contributed by atoms with van der Waals surface area (Å²) in [6, 6.07) is 6.64. The fourth-order valence-corrected chi connectivity index (χ4v) is 1.53. The molecule has 0 bridgehead atoms. The van der Waals surface area contributed by atoms with Gasteiger partial charge >= 0.3 is 6.09 Å². The summed E-state index contributed by atoms with van der Waals surface area (Å²) in [7, 11) is 0. The normalized spacial score (nSPS) is 11.0. The molecule has 0 atom stereocenters. The Labute approximate surface area is 100 Å². The summed E-state index contributed by atoms with van der Waals surface area (Å²) in [6.07, 6.45) is -1.15. The fourth-order valence-electron chi connectivity index (χ4n) is 1.53. The van der Waals surface area contributed by atoms with Crippen LogP contribution >= 0.6 is 0 Å². The molecule has 5 nitrogen and oxygen atoms in total. The highest BCUT2D eigenvalue weighted by molar-refractivity contribution is 6.05. The van der Waals surface area contributed by atoms with Crippen LogP contribution < -0.4 is 5.73 Å². The van der Waals surface area contributed by atoms with Crippen molar-refractivity contribution in [3.05, 3.63) is 29.8 Å². The second-order valence-corrected chi connectivity index (χ2v) is 4.76. The number of rotatable bonds is 1. The Hall–Kier alpha value is -2.04. The fraction of sp³-hybridized carbons (Fsp3) is 0.333. The van der Waals surface area contributed by atoms with Crippen LogP contribution in [0.3, 0.4) is 0 Å². The van der Waals surface area contributed by atoms with Gasteiger partial charge in [-0.1, -0.05) is 12.1 Å². The molecule has 0 unspecified atom stereocenters. The van der Waals surface area contributed by atoms with Gasteiger partial charge in [0.2, 0.25) is 0 Å². The first-order valence-corrected chi connectivity index (χ1v) is 5.21. The SMILES string of the molecule is CC(C)(C)N(C(=N)c1cccc(N)c1)C(=O)O. The highest BCUT2D eigenvalue weighted by Gasteiger charge is 2.30. The summed E-state index contributed by atoms with van der Waals surface area (Å²) in [5.74, 6) is -0.0719. The zero-order chi connectivity index (χ0) is 13.2. The van der Waals surface area contributed by atoms with Crippen LogP contribution in [0.4, 0.5) is 10.5 Å². The Morgan fingerprint density at radius 2 is 2.00 bits per heavy atom. The third-order valence-corrected chi connectivity index (χ3v) is 2.25. The average molecular weight is 235 g/mol. The minimum Gasteiger partial charge on any atom is -0.465 e. The molecule has 0 saturated heterocycles. The van der Waals surface area contributed by atoms with Crippen molar-refractivity contribution in [3.8, 4) is 0 Å². The van der Waals surface area contributed by atoms with Crippen LogP contribution in [0.15, 0.2) is 24.3 Å². The second kappa shape index (κ2) is 4.45. The van der Waals surface area contributed by atoms with Gasteiger partial charge in [-0.2, -0.15) is 0 Å². The minimum absolute atomic E-state index is 0.0719. The van der Waals surface area contributed by atoms with Crippen LogP contribution in [0.25, 0.3) is 0 Å². The lowest BCUT2D eigenvalue weighted by Crippen LogP contribution is -2.48. The Morgan fingerprint density at radius 3 is 2.41 bits per heavy atom. The highest BCUT2D eigenvalue weighted by atomic mass is 16.4. The van der Waals surface area contributed by atoms with E-state index in [0.29, 0.717) is 11.3 Å². The molecule has 0 spiro atoms. The van der Waals surface area contributed by atoms with Gasteiger partial charge in [-0.05, 0) is 32.9 Å². The van der Waals surface area contributed by atoms with Crippen LogP contribution in [0, 0.1) is 5.41 Å². The average Bonchev–Trinajstić information content (AvgIpc) is 2.14. The van der Waals surface area contributed by atoms with E-state index < -0.39 is 11.6 Å². The van der Waals surface area contributed by atoms with Crippen LogP contribution in [0.1, 0.15) is 26.3 Å². The van der Waals surface area contributed by atoms with Gasteiger partial charge < -0.3 is 10.8 Å². The van der Waals surface area contributed by atoms with Crippen LogP contribution in [-0.4, -0.2) is 27.5 Å². The maximum atomic E-state index is 11.2. The molecule has 1 rings (SSSR count). The topological polar surface area (TPSA) is 90.4 Å². The van der Waals surface area contributed by atoms with Gasteiger partial charge in [0.05, 0.1) is 0 Å². The number of anilines is 1. The zero-order valence-electron chi connectivity index (χ0n) is 10.2. The molecule has 1 aromatic rings. The quantitative estimate of drug-likeness (QED) is 0.396. The number of amides is 1. The largest absolute Gasteiger partial charge is 0.465 e. The number of carboxylic acid groups (broad SMARTS) is 1. The van der Waals surface area contributed by atoms with Crippen molar-refractivity contribution in [2.75, 3.05) is 5.73 Å². The predicted molar refractivity (Wildman–Crippen MR) is 67.3 cm³/mol. The number of hydrogen-bond acceptors (Lipinski definition) is 3. The summed E-state index contributed by atoms with van der Waals surface area (Å²) in [6.45, 7) is 5.21. The molecule has 0 saturated carbocycles. The van der Waals surface area contributed by atoms with E-state index >= 15 is 0 Å². The van der Waals surface area contributed by atoms with E-state index in [2.05, 4.69) is 0 Å². The van der Waals surface area contributed by atoms with E-state index in [1.54, 1.807) is 45.0 Å². The summed E-state index contributed by atoms with van der Waals surface area (Å²) in [4.78, 5) is 12.2. The van der Waals surface area contributed by atoms with Gasteiger partial charge in [0.15, 0.2) is 0 Å². The molecule has 1 aromatic carbocycles. The number of benzene rings is 1. The van der Waals surface area contributed by atoms with Crippen molar-refractivity contribution in [3.63, 3.8) is 0 Å². The molecule has 4 N–H and O–H groups in total. The second-order valence-electron chi connectivity index (χ2n) is 4.76. The van der Waals surface area contributed by atoms with E-state index in [0.717, 1.165) is 4.90 Å². The third-order valence-electron chi connectivity index (χ3n) is 2.25. The highest BCUT2D eigenvalue weighted by Crippen LogP contribution is 2.18. The number of nitrogens with zero attached hydrogens (tertiary/aromatic N) is 1. The van der Waals surface area contributed by atoms with Crippen LogP contribution in [-0.2, 0) is 0 Å². The Bertz CT molecular complexity index is 449. The van der Waals surface area contributed by atoms with Crippen molar-refractivity contribution in [2.45, 2.75) is 26.3 Å². The summed E-state index contributed by atoms with van der Waals surface area (Å²) < 4.78 is 0. The molecule has 0 fully saturated rings. The van der Waals surface area contributed by atoms with Crippen molar-refractivity contribution in [2.24, 2.45) is 0 Å². The van der Waals surface area contributed by atoms with Gasteiger partial charge in [0, 0.05) is 16.8 Å². The molecule has 0 aliphatic carbocycles. The molecule has 0 aliphatic rings. The number of nitrogens with two attached hydrogens (primary N) is 1. The van der Waals surface area contributed by atoms with E-state index in [1.165, 1.54) is 0 Å². The summed E-state index contributed by atoms with van der Waals surface area (Å²) >= 11 is 0. The van der Waals surface area contributed by atoms with Gasteiger partial charge in [-0.3, -0.25) is 10.3 Å². The minimum atomic E-state index is -1.15. The molecule has 92 valence electrons. The Balaban J connectivity index is 3.14. The maximum absolute atomic E-state index is 11.2. The first kappa shape index (κ1) is 13.0. The lowest BCUT2D eigenvalue weighted by Gasteiger charge is -2.33. The summed E-state index contributed by atoms with van der Waals surface area (Å²) in [5.41, 5.74) is 5.94. The van der Waals surface area contributed by atoms with E-state index in [-0.39, 0.29) is 5.84 Å². The molecular formula is C12H17N3O2. The van der Waals surface area contributed by atoms with Crippen molar-refractivity contribution >= 4 is 17.6 Å². The number of carbonyl (C=O) groups is 1. The number of nitrogens with one attached hydrogen (secondary N) is 1. The lowest BCUT2D eigenvalue weighted by atomic mass is 10.0. The molecule has 5 heteroatoms. The molecule has 0 aromatic heterocycles. The van der Waals surface area contributed by atoms with Gasteiger partial charge in [0.25, 0.3) is 0 Å². The number of amidine groups is 1. The van der Waals surface area contributed by atoms with E-state index in [1.807, 2.05) is 0 Å². The smallest absolute Gasteiger partial charge is 0.413 e.